The molecule has 0 bridgehead atoms. The minimum Gasteiger partial charge on any atom is -0.497 e. The van der Waals surface area contributed by atoms with Crippen LogP contribution in [0.1, 0.15) is 31.2 Å². The van der Waals surface area contributed by atoms with Crippen LogP contribution in [-0.4, -0.2) is 42.1 Å². The molecule has 25 heavy (non-hydrogen) atoms. The quantitative estimate of drug-likeness (QED) is 0.488. The van der Waals surface area contributed by atoms with E-state index >= 15 is 0 Å². The molecule has 1 aromatic rings. The van der Waals surface area contributed by atoms with E-state index in [1.807, 2.05) is 36.0 Å². The minimum absolute atomic E-state index is 0.0433. The van der Waals surface area contributed by atoms with E-state index in [1.165, 1.54) is 0 Å². The molecule has 2 heterocycles. The van der Waals surface area contributed by atoms with E-state index in [0.717, 1.165) is 36.3 Å². The van der Waals surface area contributed by atoms with E-state index in [1.54, 1.807) is 7.11 Å². The van der Waals surface area contributed by atoms with Crippen LogP contribution >= 0.6 is 11.8 Å². The van der Waals surface area contributed by atoms with Gasteiger partial charge in [0.05, 0.1) is 19.2 Å². The fraction of sp³-hybridized carbons (Fsp3) is 0.556. The highest BCUT2D eigenvalue weighted by Gasteiger charge is 2.42. The van der Waals surface area contributed by atoms with Crippen LogP contribution in [0.25, 0.3) is 0 Å². The third-order valence-electron chi connectivity index (χ3n) is 4.73. The largest absolute Gasteiger partial charge is 0.497 e. The lowest BCUT2D eigenvalue weighted by Gasteiger charge is -2.16. The summed E-state index contributed by atoms with van der Waals surface area (Å²) in [6.07, 6.45) is 3.47. The number of urea groups is 1. The lowest BCUT2D eigenvalue weighted by molar-refractivity contribution is -0.121. The fourth-order valence-corrected chi connectivity index (χ4v) is 4.85. The second kappa shape index (κ2) is 8.47. The Labute approximate surface area is 152 Å². The van der Waals surface area contributed by atoms with Crippen molar-refractivity contribution in [3.8, 4) is 5.75 Å². The van der Waals surface area contributed by atoms with Gasteiger partial charge in [-0.2, -0.15) is 11.8 Å². The van der Waals surface area contributed by atoms with Crippen LogP contribution in [0.15, 0.2) is 24.3 Å². The maximum Gasteiger partial charge on any atom is 0.315 e. The smallest absolute Gasteiger partial charge is 0.315 e. The third-order valence-corrected chi connectivity index (χ3v) is 6.24. The molecular formula is C18H25N3O3S. The average molecular weight is 363 g/mol. The number of hydrogen-bond acceptors (Lipinski definition) is 4. The first-order valence-corrected chi connectivity index (χ1v) is 9.79. The minimum atomic E-state index is -0.0433. The summed E-state index contributed by atoms with van der Waals surface area (Å²) in [7, 11) is 1.64. The topological polar surface area (TPSA) is 79.5 Å². The summed E-state index contributed by atoms with van der Waals surface area (Å²) in [5.41, 5.74) is 1.06. The molecule has 0 saturated carbocycles. The van der Waals surface area contributed by atoms with Crippen LogP contribution < -0.4 is 20.7 Å². The number of benzene rings is 1. The van der Waals surface area contributed by atoms with E-state index in [2.05, 4.69) is 16.0 Å². The summed E-state index contributed by atoms with van der Waals surface area (Å²) in [5.74, 6) is 1.88. The van der Waals surface area contributed by atoms with E-state index in [4.69, 9.17) is 4.74 Å². The summed E-state index contributed by atoms with van der Waals surface area (Å²) in [4.78, 5) is 23.3. The molecule has 2 fully saturated rings. The molecule has 0 aliphatic carbocycles. The lowest BCUT2D eigenvalue weighted by Crippen LogP contribution is -2.36. The number of methoxy groups -OCH3 is 1. The maximum atomic E-state index is 12.0. The first kappa shape index (κ1) is 17.9. The SMILES string of the molecule is COc1ccc(CNC(=O)CCCC[C@H]2SC[C@@H]3NC(=O)N[C@H]32)cc1. The number of ether oxygens (including phenoxy) is 1. The van der Waals surface area contributed by atoms with Gasteiger partial charge in [0, 0.05) is 24.0 Å². The van der Waals surface area contributed by atoms with Gasteiger partial charge in [-0.3, -0.25) is 4.79 Å². The van der Waals surface area contributed by atoms with E-state index in [0.29, 0.717) is 18.2 Å². The number of nitrogens with one attached hydrogen (secondary N) is 3. The summed E-state index contributed by atoms with van der Waals surface area (Å²) in [6.45, 7) is 0.544. The van der Waals surface area contributed by atoms with E-state index < -0.39 is 0 Å². The van der Waals surface area contributed by atoms with Crippen molar-refractivity contribution in [3.05, 3.63) is 29.8 Å². The Morgan fingerprint density at radius 3 is 2.84 bits per heavy atom. The first-order valence-electron chi connectivity index (χ1n) is 8.74. The first-order chi connectivity index (χ1) is 12.2. The Morgan fingerprint density at radius 1 is 1.28 bits per heavy atom. The Hall–Kier alpha value is -1.89. The number of hydrogen-bond donors (Lipinski definition) is 3. The highest BCUT2D eigenvalue weighted by molar-refractivity contribution is 8.00. The molecule has 3 amide bonds. The van der Waals surface area contributed by atoms with Gasteiger partial charge in [0.2, 0.25) is 5.91 Å². The van der Waals surface area contributed by atoms with Crippen molar-refractivity contribution in [2.45, 2.75) is 49.6 Å². The molecule has 2 aliphatic heterocycles. The standard InChI is InChI=1S/C18H25N3O3S/c1-24-13-8-6-12(7-9-13)10-19-16(22)5-3-2-4-15-17-14(11-25-15)20-18(23)21-17/h6-9,14-15,17H,2-5,10-11H2,1H3,(H,19,22)(H2,20,21,23)/t14-,15+,17+/m0/s1. The molecule has 1 aromatic carbocycles. The Kier molecular flexibility index (Phi) is 6.07. The Balaban J connectivity index is 1.29. The van der Waals surface area contributed by atoms with Crippen molar-refractivity contribution >= 4 is 23.7 Å². The number of unbranched alkanes of at least 4 members (excludes halogenated alkanes) is 1. The zero-order valence-corrected chi connectivity index (χ0v) is 15.2. The van der Waals surface area contributed by atoms with Gasteiger partial charge >= 0.3 is 6.03 Å². The number of carbonyl (C=O) groups excluding carboxylic acids is 2. The van der Waals surface area contributed by atoms with Crippen molar-refractivity contribution in [3.63, 3.8) is 0 Å². The van der Waals surface area contributed by atoms with Gasteiger partial charge in [0.25, 0.3) is 0 Å². The average Bonchev–Trinajstić information content (AvgIpc) is 3.17. The molecule has 3 atom stereocenters. The predicted molar refractivity (Wildman–Crippen MR) is 98.8 cm³/mol. The van der Waals surface area contributed by atoms with Crippen LogP contribution in [-0.2, 0) is 11.3 Å². The zero-order valence-electron chi connectivity index (χ0n) is 14.4. The number of rotatable bonds is 8. The Bertz CT molecular complexity index is 608. The molecule has 0 aromatic heterocycles. The number of amides is 3. The third kappa shape index (κ3) is 4.81. The second-order valence-corrected chi connectivity index (χ2v) is 7.76. The van der Waals surface area contributed by atoms with Crippen LogP contribution in [0.5, 0.6) is 5.75 Å². The van der Waals surface area contributed by atoms with Crippen LogP contribution in [0.3, 0.4) is 0 Å². The van der Waals surface area contributed by atoms with Gasteiger partial charge in [0.1, 0.15) is 5.75 Å². The predicted octanol–water partition coefficient (Wildman–Crippen LogP) is 2.04. The lowest BCUT2D eigenvalue weighted by atomic mass is 10.0. The van der Waals surface area contributed by atoms with Gasteiger partial charge in [-0.05, 0) is 30.5 Å². The van der Waals surface area contributed by atoms with Crippen molar-refractivity contribution in [2.75, 3.05) is 12.9 Å². The monoisotopic (exact) mass is 363 g/mol. The van der Waals surface area contributed by atoms with Gasteiger partial charge in [-0.25, -0.2) is 4.79 Å². The molecule has 2 aliphatic rings. The summed E-state index contributed by atoms with van der Waals surface area (Å²) in [5, 5.41) is 9.37. The normalized spacial score (nSPS) is 24.4. The highest BCUT2D eigenvalue weighted by Crippen LogP contribution is 2.33. The van der Waals surface area contributed by atoms with Gasteiger partial charge < -0.3 is 20.7 Å². The molecule has 0 spiro atoms. The van der Waals surface area contributed by atoms with E-state index in [9.17, 15) is 9.59 Å². The van der Waals surface area contributed by atoms with Gasteiger partial charge in [-0.15, -0.1) is 0 Å². The summed E-state index contributed by atoms with van der Waals surface area (Å²) in [6, 6.07) is 8.18. The molecular weight excluding hydrogens is 338 g/mol. The van der Waals surface area contributed by atoms with Crippen molar-refractivity contribution in [1.29, 1.82) is 0 Å². The fourth-order valence-electron chi connectivity index (χ4n) is 3.31. The summed E-state index contributed by atoms with van der Waals surface area (Å²) >= 11 is 1.92. The van der Waals surface area contributed by atoms with Gasteiger partial charge in [-0.1, -0.05) is 18.6 Å². The van der Waals surface area contributed by atoms with Crippen LogP contribution in [0.4, 0.5) is 4.79 Å². The van der Waals surface area contributed by atoms with Crippen molar-refractivity contribution in [1.82, 2.24) is 16.0 Å². The molecule has 2 saturated heterocycles. The van der Waals surface area contributed by atoms with Crippen LogP contribution in [0, 0.1) is 0 Å². The molecule has 136 valence electrons. The van der Waals surface area contributed by atoms with Crippen LogP contribution in [0.2, 0.25) is 0 Å². The molecule has 3 rings (SSSR count). The van der Waals surface area contributed by atoms with Crippen molar-refractivity contribution < 1.29 is 14.3 Å². The van der Waals surface area contributed by atoms with E-state index in [-0.39, 0.29) is 24.0 Å². The number of carbonyl (C=O) groups is 2. The Morgan fingerprint density at radius 2 is 2.08 bits per heavy atom. The zero-order chi connectivity index (χ0) is 17.6. The number of thioether (sulfide) groups is 1. The summed E-state index contributed by atoms with van der Waals surface area (Å²) < 4.78 is 5.12. The molecule has 6 nitrogen and oxygen atoms in total. The number of fused-ring (bicyclic) bond motifs is 1. The second-order valence-electron chi connectivity index (χ2n) is 6.49. The highest BCUT2D eigenvalue weighted by atomic mass is 32.2. The molecule has 3 N–H and O–H groups in total. The molecule has 0 unspecified atom stereocenters. The van der Waals surface area contributed by atoms with Crippen molar-refractivity contribution in [2.24, 2.45) is 0 Å². The molecule has 0 radical (unpaired) electrons. The molecule has 7 heteroatoms. The maximum absolute atomic E-state index is 12.0. The van der Waals surface area contributed by atoms with Gasteiger partial charge in [0.15, 0.2) is 0 Å².